The van der Waals surface area contributed by atoms with Crippen molar-refractivity contribution in [3.63, 3.8) is 0 Å². The van der Waals surface area contributed by atoms with Gasteiger partial charge in [-0.15, -0.1) is 0 Å². The molecule has 0 spiro atoms. The van der Waals surface area contributed by atoms with Crippen molar-refractivity contribution >= 4 is 15.9 Å². The lowest BCUT2D eigenvalue weighted by Gasteiger charge is -2.12. The Kier molecular flexibility index (Phi) is 3.79. The molecular weight excluding hydrogens is 228 g/mol. The first-order valence-electron chi connectivity index (χ1n) is 4.42. The fourth-order valence-corrected chi connectivity index (χ4v) is 1.40. The van der Waals surface area contributed by atoms with Gasteiger partial charge in [-0.2, -0.15) is 0 Å². The molecule has 0 heterocycles. The first kappa shape index (κ1) is 10.6. The van der Waals surface area contributed by atoms with Crippen LogP contribution in [0.1, 0.15) is 18.1 Å². The van der Waals surface area contributed by atoms with E-state index in [1.54, 1.807) is 0 Å². The second-order valence-electron chi connectivity index (χ2n) is 3.41. The lowest BCUT2D eigenvalue weighted by atomic mass is 10.1. The molecule has 1 atom stereocenters. The quantitative estimate of drug-likeness (QED) is 0.738. The van der Waals surface area contributed by atoms with Gasteiger partial charge in [0.25, 0.3) is 0 Å². The largest absolute Gasteiger partial charge is 0.490 e. The van der Waals surface area contributed by atoms with Crippen LogP contribution in [0.5, 0.6) is 5.75 Å². The molecule has 0 aliphatic heterocycles. The third-order valence-corrected chi connectivity index (χ3v) is 2.66. The van der Waals surface area contributed by atoms with Crippen LogP contribution in [0.25, 0.3) is 0 Å². The summed E-state index contributed by atoms with van der Waals surface area (Å²) in [5.41, 5.74) is 2.49. The lowest BCUT2D eigenvalue weighted by Crippen LogP contribution is -2.12. The molecule has 72 valence electrons. The van der Waals surface area contributed by atoms with Gasteiger partial charge in [0.2, 0.25) is 0 Å². The van der Waals surface area contributed by atoms with Gasteiger partial charge in [0.1, 0.15) is 11.9 Å². The van der Waals surface area contributed by atoms with E-state index in [9.17, 15) is 0 Å². The molecule has 0 radical (unpaired) electrons. The Morgan fingerprint density at radius 1 is 1.23 bits per heavy atom. The molecule has 0 amide bonds. The zero-order chi connectivity index (χ0) is 9.84. The van der Waals surface area contributed by atoms with Crippen LogP contribution >= 0.6 is 15.9 Å². The highest BCUT2D eigenvalue weighted by atomic mass is 79.9. The summed E-state index contributed by atoms with van der Waals surface area (Å²) in [6, 6.07) is 6.27. The third-order valence-electron chi connectivity index (χ3n) is 1.75. The number of benzene rings is 1. The molecule has 0 aliphatic rings. The summed E-state index contributed by atoms with van der Waals surface area (Å²) < 4.78 is 5.68. The van der Waals surface area contributed by atoms with Crippen LogP contribution in [0.2, 0.25) is 0 Å². The van der Waals surface area contributed by atoms with Crippen molar-refractivity contribution in [3.8, 4) is 5.75 Å². The molecule has 1 nitrogen and oxygen atoms in total. The van der Waals surface area contributed by atoms with Crippen molar-refractivity contribution in [1.82, 2.24) is 0 Å². The van der Waals surface area contributed by atoms with Crippen LogP contribution in [0, 0.1) is 13.8 Å². The van der Waals surface area contributed by atoms with Gasteiger partial charge >= 0.3 is 0 Å². The molecule has 0 aromatic heterocycles. The van der Waals surface area contributed by atoms with E-state index in [-0.39, 0.29) is 6.10 Å². The minimum Gasteiger partial charge on any atom is -0.490 e. The Morgan fingerprint density at radius 3 is 2.23 bits per heavy atom. The summed E-state index contributed by atoms with van der Waals surface area (Å²) in [4.78, 5) is 0. The van der Waals surface area contributed by atoms with Gasteiger partial charge in [-0.1, -0.05) is 22.0 Å². The first-order chi connectivity index (χ1) is 6.11. The van der Waals surface area contributed by atoms with Crippen LogP contribution in [0.3, 0.4) is 0 Å². The summed E-state index contributed by atoms with van der Waals surface area (Å²) >= 11 is 3.38. The second kappa shape index (κ2) is 4.66. The molecule has 1 aromatic carbocycles. The third kappa shape index (κ3) is 3.39. The van der Waals surface area contributed by atoms with E-state index in [2.05, 4.69) is 48.0 Å². The van der Waals surface area contributed by atoms with E-state index in [0.717, 1.165) is 11.1 Å². The smallest absolute Gasteiger partial charge is 0.120 e. The van der Waals surface area contributed by atoms with Crippen molar-refractivity contribution in [2.24, 2.45) is 0 Å². The predicted molar refractivity (Wildman–Crippen MR) is 59.8 cm³/mol. The van der Waals surface area contributed by atoms with Gasteiger partial charge in [-0.05, 0) is 44.0 Å². The van der Waals surface area contributed by atoms with Crippen LogP contribution < -0.4 is 4.74 Å². The van der Waals surface area contributed by atoms with Gasteiger partial charge in [-0.25, -0.2) is 0 Å². The molecule has 0 aliphatic carbocycles. The zero-order valence-corrected chi connectivity index (χ0v) is 9.89. The van der Waals surface area contributed by atoms with E-state index in [4.69, 9.17) is 4.74 Å². The van der Waals surface area contributed by atoms with Crippen LogP contribution in [-0.4, -0.2) is 11.4 Å². The molecule has 13 heavy (non-hydrogen) atoms. The molecule has 1 rings (SSSR count). The second-order valence-corrected chi connectivity index (χ2v) is 4.05. The van der Waals surface area contributed by atoms with Crippen molar-refractivity contribution < 1.29 is 4.74 Å². The van der Waals surface area contributed by atoms with Crippen molar-refractivity contribution in [1.29, 1.82) is 0 Å². The number of halogens is 1. The summed E-state index contributed by atoms with van der Waals surface area (Å²) in [5.74, 6) is 0.962. The summed E-state index contributed by atoms with van der Waals surface area (Å²) in [6.07, 6.45) is 0.223. The van der Waals surface area contributed by atoms with Gasteiger partial charge in [0.05, 0.1) is 0 Å². The normalized spacial score (nSPS) is 12.6. The number of alkyl halides is 1. The van der Waals surface area contributed by atoms with E-state index in [1.807, 2.05) is 6.92 Å². The first-order valence-corrected chi connectivity index (χ1v) is 5.55. The van der Waals surface area contributed by atoms with E-state index in [0.29, 0.717) is 0 Å². The van der Waals surface area contributed by atoms with Gasteiger partial charge in [0, 0.05) is 5.33 Å². The molecule has 0 N–H and O–H groups in total. The Labute approximate surface area is 88.2 Å². The molecule has 0 bridgehead atoms. The maximum Gasteiger partial charge on any atom is 0.120 e. The molecule has 0 unspecified atom stereocenters. The van der Waals surface area contributed by atoms with Crippen LogP contribution in [-0.2, 0) is 0 Å². The fourth-order valence-electron chi connectivity index (χ4n) is 1.26. The molecule has 0 saturated heterocycles. The summed E-state index contributed by atoms with van der Waals surface area (Å²) in [6.45, 7) is 6.21. The number of hydrogen-bond acceptors (Lipinski definition) is 1. The van der Waals surface area contributed by atoms with Crippen molar-refractivity contribution in [2.75, 3.05) is 5.33 Å². The standard InChI is InChI=1S/C11H15BrO/c1-8-4-9(2)6-11(5-8)13-10(3)7-12/h4-6,10H,7H2,1-3H3/t10-/m1/s1. The van der Waals surface area contributed by atoms with E-state index in [1.165, 1.54) is 11.1 Å². The Bertz CT molecular complexity index is 263. The highest BCUT2D eigenvalue weighted by Crippen LogP contribution is 2.17. The van der Waals surface area contributed by atoms with Crippen molar-refractivity contribution in [3.05, 3.63) is 29.3 Å². The highest BCUT2D eigenvalue weighted by Gasteiger charge is 2.02. The fraction of sp³-hybridized carbons (Fsp3) is 0.455. The minimum absolute atomic E-state index is 0.223. The summed E-state index contributed by atoms with van der Waals surface area (Å²) in [7, 11) is 0. The SMILES string of the molecule is Cc1cc(C)cc(O[C@H](C)CBr)c1. The lowest BCUT2D eigenvalue weighted by molar-refractivity contribution is 0.248. The molecule has 1 aromatic rings. The minimum atomic E-state index is 0.223. The number of aryl methyl sites for hydroxylation is 2. The summed E-state index contributed by atoms with van der Waals surface area (Å²) in [5, 5.41) is 0.861. The molecule has 0 fully saturated rings. The molecule has 2 heteroatoms. The Hall–Kier alpha value is -0.500. The number of hydrogen-bond donors (Lipinski definition) is 0. The Morgan fingerprint density at radius 2 is 1.77 bits per heavy atom. The Balaban J connectivity index is 2.77. The van der Waals surface area contributed by atoms with Gasteiger partial charge in [-0.3, -0.25) is 0 Å². The topological polar surface area (TPSA) is 9.23 Å². The van der Waals surface area contributed by atoms with Gasteiger partial charge in [0.15, 0.2) is 0 Å². The van der Waals surface area contributed by atoms with Gasteiger partial charge < -0.3 is 4.74 Å². The molecular formula is C11H15BrO. The van der Waals surface area contributed by atoms with Crippen molar-refractivity contribution in [2.45, 2.75) is 26.9 Å². The van der Waals surface area contributed by atoms with E-state index < -0.39 is 0 Å². The highest BCUT2D eigenvalue weighted by molar-refractivity contribution is 9.09. The average Bonchev–Trinajstić information content (AvgIpc) is 2.02. The maximum atomic E-state index is 5.68. The van der Waals surface area contributed by atoms with Crippen LogP contribution in [0.4, 0.5) is 0 Å². The van der Waals surface area contributed by atoms with E-state index >= 15 is 0 Å². The molecule has 0 saturated carbocycles. The maximum absolute atomic E-state index is 5.68. The average molecular weight is 243 g/mol. The monoisotopic (exact) mass is 242 g/mol. The number of rotatable bonds is 3. The number of ether oxygens (including phenoxy) is 1. The predicted octanol–water partition coefficient (Wildman–Crippen LogP) is 3.47. The van der Waals surface area contributed by atoms with Crippen LogP contribution in [0.15, 0.2) is 18.2 Å². The zero-order valence-electron chi connectivity index (χ0n) is 8.30.